The minimum absolute atomic E-state index is 0.334. The number of nitrogens with one attached hydrogen (secondary N) is 1. The Morgan fingerprint density at radius 1 is 1.41 bits per heavy atom. The summed E-state index contributed by atoms with van der Waals surface area (Å²) in [5.41, 5.74) is 4.30. The zero-order valence-corrected chi connectivity index (χ0v) is 10.0. The molecule has 4 heteroatoms. The number of allylic oxidation sites excluding steroid dienone is 1. The fourth-order valence-electron chi connectivity index (χ4n) is 1.20. The number of hydrogen-bond donors (Lipinski definition) is 1. The Labute approximate surface area is 101 Å². The van der Waals surface area contributed by atoms with Gasteiger partial charge in [0.25, 0.3) is 0 Å². The first-order chi connectivity index (χ1) is 8.22. The molecule has 1 rings (SSSR count). The summed E-state index contributed by atoms with van der Waals surface area (Å²) in [5.74, 6) is 0. The van der Waals surface area contributed by atoms with Gasteiger partial charge in [0, 0.05) is 0 Å². The van der Waals surface area contributed by atoms with Crippen molar-refractivity contribution in [2.24, 2.45) is 5.10 Å². The van der Waals surface area contributed by atoms with E-state index in [0.717, 1.165) is 11.1 Å². The molecular formula is C13H16N2O2. The molecule has 0 unspecified atom stereocenters. The Balaban J connectivity index is 2.49. The van der Waals surface area contributed by atoms with Crippen LogP contribution in [0.1, 0.15) is 19.4 Å². The maximum Gasteiger partial charge on any atom is 0.427 e. The quantitative estimate of drug-likeness (QED) is 0.641. The third kappa shape index (κ3) is 5.51. The molecule has 0 saturated heterocycles. The molecule has 4 nitrogen and oxygen atoms in total. The van der Waals surface area contributed by atoms with Crippen molar-refractivity contribution in [2.75, 3.05) is 6.61 Å². The highest BCUT2D eigenvalue weighted by atomic mass is 16.5. The number of nitrogens with zero attached hydrogens (tertiary/aromatic N) is 1. The number of amides is 1. The highest BCUT2D eigenvalue weighted by molar-refractivity contribution is 5.85. The van der Waals surface area contributed by atoms with Crippen molar-refractivity contribution >= 4 is 18.4 Å². The minimum Gasteiger partial charge on any atom is -0.449 e. The van der Waals surface area contributed by atoms with Crippen LogP contribution in [0.3, 0.4) is 0 Å². The lowest BCUT2D eigenvalue weighted by atomic mass is 10.1. The fraction of sp³-hybridized carbons (Fsp3) is 0.231. The summed E-state index contributed by atoms with van der Waals surface area (Å²) in [6.45, 7) is 3.98. The van der Waals surface area contributed by atoms with Gasteiger partial charge in [-0.1, -0.05) is 36.4 Å². The van der Waals surface area contributed by atoms with Crippen molar-refractivity contribution in [3.63, 3.8) is 0 Å². The molecular weight excluding hydrogens is 216 g/mol. The van der Waals surface area contributed by atoms with Gasteiger partial charge in [-0.25, -0.2) is 10.2 Å². The molecule has 1 N–H and O–H groups in total. The third-order valence-electron chi connectivity index (χ3n) is 1.89. The van der Waals surface area contributed by atoms with E-state index in [-0.39, 0.29) is 0 Å². The molecule has 0 aliphatic carbocycles. The molecule has 1 amide bonds. The maximum absolute atomic E-state index is 10.9. The van der Waals surface area contributed by atoms with Crippen LogP contribution in [-0.2, 0) is 4.74 Å². The molecule has 1 aromatic rings. The lowest BCUT2D eigenvalue weighted by molar-refractivity contribution is 0.152. The number of rotatable bonds is 4. The van der Waals surface area contributed by atoms with Gasteiger partial charge >= 0.3 is 6.09 Å². The van der Waals surface area contributed by atoms with Crippen LogP contribution in [0.25, 0.3) is 6.08 Å². The normalized spacial score (nSPS) is 11.5. The maximum atomic E-state index is 10.9. The second kappa shape index (κ2) is 7.22. The van der Waals surface area contributed by atoms with Crippen LogP contribution >= 0.6 is 0 Å². The third-order valence-corrected chi connectivity index (χ3v) is 1.89. The topological polar surface area (TPSA) is 50.7 Å². The second-order valence-electron chi connectivity index (χ2n) is 3.39. The lowest BCUT2D eigenvalue weighted by Gasteiger charge is -1.98. The summed E-state index contributed by atoms with van der Waals surface area (Å²) in [5, 5.41) is 3.77. The number of hydrogen-bond acceptors (Lipinski definition) is 3. The van der Waals surface area contributed by atoms with Gasteiger partial charge in [0.05, 0.1) is 12.8 Å². The molecule has 0 heterocycles. The van der Waals surface area contributed by atoms with E-state index < -0.39 is 6.09 Å². The predicted octanol–water partition coefficient (Wildman–Crippen LogP) is 2.82. The van der Waals surface area contributed by atoms with Crippen LogP contribution in [0, 0.1) is 0 Å². The van der Waals surface area contributed by atoms with E-state index in [1.807, 2.05) is 43.3 Å². The van der Waals surface area contributed by atoms with Gasteiger partial charge in [0.15, 0.2) is 0 Å². The number of carbonyl (C=O) groups excluding carboxylic acids is 1. The van der Waals surface area contributed by atoms with Crippen LogP contribution in [0.15, 0.2) is 41.0 Å². The van der Waals surface area contributed by atoms with E-state index in [0.29, 0.717) is 6.61 Å². The molecule has 0 aromatic heterocycles. The molecule has 0 aliphatic heterocycles. The lowest BCUT2D eigenvalue weighted by Crippen LogP contribution is -2.18. The van der Waals surface area contributed by atoms with E-state index in [1.165, 1.54) is 0 Å². The second-order valence-corrected chi connectivity index (χ2v) is 3.39. The van der Waals surface area contributed by atoms with Crippen LogP contribution < -0.4 is 5.43 Å². The summed E-state index contributed by atoms with van der Waals surface area (Å²) in [6.07, 6.45) is 3.00. The van der Waals surface area contributed by atoms with Crippen LogP contribution in [0.4, 0.5) is 4.79 Å². The molecule has 0 atom stereocenters. The fourth-order valence-corrected chi connectivity index (χ4v) is 1.20. The van der Waals surface area contributed by atoms with E-state index in [1.54, 1.807) is 13.1 Å². The molecule has 90 valence electrons. The highest BCUT2D eigenvalue weighted by Gasteiger charge is 1.94. The number of hydrazone groups is 1. The molecule has 0 spiro atoms. The van der Waals surface area contributed by atoms with Gasteiger partial charge in [-0.3, -0.25) is 0 Å². The Morgan fingerprint density at radius 2 is 2.12 bits per heavy atom. The summed E-state index contributed by atoms with van der Waals surface area (Å²) >= 11 is 0. The minimum atomic E-state index is -0.545. The molecule has 17 heavy (non-hydrogen) atoms. The van der Waals surface area contributed by atoms with Crippen molar-refractivity contribution in [3.8, 4) is 0 Å². The Bertz CT molecular complexity index is 411. The van der Waals surface area contributed by atoms with Crippen molar-refractivity contribution in [2.45, 2.75) is 13.8 Å². The number of ether oxygens (including phenoxy) is 1. The van der Waals surface area contributed by atoms with Gasteiger partial charge in [-0.2, -0.15) is 5.10 Å². The zero-order chi connectivity index (χ0) is 12.5. The smallest absolute Gasteiger partial charge is 0.427 e. The van der Waals surface area contributed by atoms with Gasteiger partial charge in [-0.05, 0) is 25.0 Å². The highest BCUT2D eigenvalue weighted by Crippen LogP contribution is 2.04. The van der Waals surface area contributed by atoms with Gasteiger partial charge in [-0.15, -0.1) is 0 Å². The van der Waals surface area contributed by atoms with Gasteiger partial charge < -0.3 is 4.74 Å². The van der Waals surface area contributed by atoms with E-state index in [2.05, 4.69) is 15.3 Å². The van der Waals surface area contributed by atoms with Crippen molar-refractivity contribution < 1.29 is 9.53 Å². The standard InChI is InChI=1S/C13H16N2O2/c1-3-17-13(16)15-14-10-11(2)9-12-7-5-4-6-8-12/h4-10H,3H2,1-2H3,(H,15,16)/b11-9+,14-10-. The Morgan fingerprint density at radius 3 is 2.76 bits per heavy atom. The average molecular weight is 232 g/mol. The van der Waals surface area contributed by atoms with Crippen LogP contribution in [0.5, 0.6) is 0 Å². The molecule has 0 saturated carbocycles. The average Bonchev–Trinajstić information content (AvgIpc) is 2.30. The van der Waals surface area contributed by atoms with Crippen LogP contribution in [-0.4, -0.2) is 18.9 Å². The summed E-state index contributed by atoms with van der Waals surface area (Å²) in [7, 11) is 0. The van der Waals surface area contributed by atoms with Crippen molar-refractivity contribution in [3.05, 3.63) is 41.5 Å². The Hall–Kier alpha value is -2.10. The monoisotopic (exact) mass is 232 g/mol. The SMILES string of the molecule is CCOC(=O)N/N=C\C(C)=C\c1ccccc1. The van der Waals surface area contributed by atoms with Crippen LogP contribution in [0.2, 0.25) is 0 Å². The zero-order valence-electron chi connectivity index (χ0n) is 10.0. The molecule has 0 radical (unpaired) electrons. The molecule has 1 aromatic carbocycles. The van der Waals surface area contributed by atoms with E-state index >= 15 is 0 Å². The van der Waals surface area contributed by atoms with Gasteiger partial charge in [0.2, 0.25) is 0 Å². The molecule has 0 aliphatic rings. The summed E-state index contributed by atoms with van der Waals surface area (Å²) < 4.78 is 4.66. The first kappa shape index (κ1) is 13.0. The van der Waals surface area contributed by atoms with Crippen molar-refractivity contribution in [1.82, 2.24) is 5.43 Å². The Kier molecular flexibility index (Phi) is 5.51. The first-order valence-electron chi connectivity index (χ1n) is 5.41. The van der Waals surface area contributed by atoms with Crippen molar-refractivity contribution in [1.29, 1.82) is 0 Å². The predicted molar refractivity (Wildman–Crippen MR) is 68.7 cm³/mol. The summed E-state index contributed by atoms with van der Waals surface area (Å²) in [6, 6.07) is 9.88. The summed E-state index contributed by atoms with van der Waals surface area (Å²) in [4.78, 5) is 10.9. The van der Waals surface area contributed by atoms with Gasteiger partial charge in [0.1, 0.15) is 0 Å². The van der Waals surface area contributed by atoms with E-state index in [4.69, 9.17) is 0 Å². The first-order valence-corrected chi connectivity index (χ1v) is 5.41. The van der Waals surface area contributed by atoms with E-state index in [9.17, 15) is 4.79 Å². The molecule has 0 bridgehead atoms. The molecule has 0 fully saturated rings. The number of benzene rings is 1. The number of carbonyl (C=O) groups is 1. The largest absolute Gasteiger partial charge is 0.449 e.